The normalized spacial score (nSPS) is 11.4. The number of benzene rings is 2. The molecule has 1 N–H and O–H groups in total. The number of anilines is 2. The maximum atomic E-state index is 13.3. The van der Waals surface area contributed by atoms with Crippen LogP contribution in [0.4, 0.5) is 21.5 Å². The highest BCUT2D eigenvalue weighted by molar-refractivity contribution is 5.97. The van der Waals surface area contributed by atoms with Crippen LogP contribution in [-0.4, -0.2) is 37.0 Å². The average molecular weight is 375 g/mol. The molecule has 0 aromatic heterocycles. The molecule has 9 heteroatoms. The summed E-state index contributed by atoms with van der Waals surface area (Å²) in [5, 5.41) is 13.1. The predicted octanol–water partition coefficient (Wildman–Crippen LogP) is 2.98. The Morgan fingerprint density at radius 3 is 2.37 bits per heavy atom. The van der Waals surface area contributed by atoms with Gasteiger partial charge in [0.15, 0.2) is 6.10 Å². The summed E-state index contributed by atoms with van der Waals surface area (Å²) in [6, 6.07) is 9.56. The zero-order valence-corrected chi connectivity index (χ0v) is 14.9. The van der Waals surface area contributed by atoms with E-state index in [1.54, 1.807) is 24.3 Å². The van der Waals surface area contributed by atoms with Gasteiger partial charge in [-0.2, -0.15) is 4.39 Å². The van der Waals surface area contributed by atoms with Gasteiger partial charge in [0.25, 0.3) is 5.91 Å². The second kappa shape index (κ2) is 8.26. The summed E-state index contributed by atoms with van der Waals surface area (Å²) in [5.41, 5.74) is 0.428. The Hall–Kier alpha value is -3.49. The summed E-state index contributed by atoms with van der Waals surface area (Å²) in [6.07, 6.45) is -1.16. The molecule has 2 aromatic rings. The zero-order valence-electron chi connectivity index (χ0n) is 14.9. The molecular weight excluding hydrogens is 357 g/mol. The van der Waals surface area contributed by atoms with E-state index in [1.807, 2.05) is 19.0 Å². The quantitative estimate of drug-likeness (QED) is 0.473. The van der Waals surface area contributed by atoms with E-state index in [-0.39, 0.29) is 11.3 Å². The van der Waals surface area contributed by atoms with Crippen molar-refractivity contribution in [2.45, 2.75) is 13.0 Å². The molecule has 1 amide bonds. The van der Waals surface area contributed by atoms with E-state index in [1.165, 1.54) is 13.0 Å². The Bertz CT molecular complexity index is 868. The number of ether oxygens (including phenoxy) is 1. The Balaban J connectivity index is 2.02. The van der Waals surface area contributed by atoms with E-state index in [0.29, 0.717) is 0 Å². The van der Waals surface area contributed by atoms with E-state index in [4.69, 9.17) is 4.74 Å². The lowest BCUT2D eigenvalue weighted by molar-refractivity contribution is -0.387. The first-order valence-corrected chi connectivity index (χ1v) is 7.92. The number of halogens is 1. The molecule has 0 aliphatic carbocycles. The summed E-state index contributed by atoms with van der Waals surface area (Å²) in [7, 11) is 3.72. The highest BCUT2D eigenvalue weighted by Gasteiger charge is 2.21. The molecule has 0 unspecified atom stereocenters. The van der Waals surface area contributed by atoms with Crippen LogP contribution >= 0.6 is 0 Å². The van der Waals surface area contributed by atoms with Crippen molar-refractivity contribution < 1.29 is 23.6 Å². The molecular formula is C18H18FN3O5. The third-order valence-electron chi connectivity index (χ3n) is 3.68. The fraction of sp³-hybridized carbons (Fsp3) is 0.222. The molecule has 0 aliphatic heterocycles. The minimum atomic E-state index is -1.16. The summed E-state index contributed by atoms with van der Waals surface area (Å²) >= 11 is 0. The van der Waals surface area contributed by atoms with E-state index in [2.05, 4.69) is 5.32 Å². The van der Waals surface area contributed by atoms with Gasteiger partial charge in [-0.25, -0.2) is 4.79 Å². The lowest BCUT2D eigenvalue weighted by Crippen LogP contribution is -2.30. The van der Waals surface area contributed by atoms with Gasteiger partial charge in [0.05, 0.1) is 10.5 Å². The molecule has 0 spiro atoms. The van der Waals surface area contributed by atoms with E-state index in [0.717, 1.165) is 17.8 Å². The maximum Gasteiger partial charge on any atom is 0.338 e. The standard InChI is InChI=1S/C18H18FN3O5/c1-11(27-18(24)12-4-7-14(8-5-12)21(2)3)17(23)20-13-6-9-15(19)16(10-13)22(25)26/h4-11H,1-3H3,(H,20,23)/t11-/m1/s1. The van der Waals surface area contributed by atoms with Crippen molar-refractivity contribution >= 4 is 28.9 Å². The monoisotopic (exact) mass is 375 g/mol. The molecule has 1 atom stereocenters. The van der Waals surface area contributed by atoms with Crippen LogP contribution in [-0.2, 0) is 9.53 Å². The molecule has 142 valence electrons. The van der Waals surface area contributed by atoms with Crippen molar-refractivity contribution in [3.8, 4) is 0 Å². The van der Waals surface area contributed by atoms with E-state index < -0.39 is 34.4 Å². The summed E-state index contributed by atoms with van der Waals surface area (Å²) in [6.45, 7) is 1.36. The minimum absolute atomic E-state index is 0.0198. The summed E-state index contributed by atoms with van der Waals surface area (Å²) in [5.74, 6) is -2.40. The first kappa shape index (κ1) is 19.8. The number of nitro benzene ring substituents is 1. The number of nitrogens with zero attached hydrogens (tertiary/aromatic N) is 2. The molecule has 0 saturated carbocycles. The topological polar surface area (TPSA) is 102 Å². The van der Waals surface area contributed by atoms with E-state index >= 15 is 0 Å². The largest absolute Gasteiger partial charge is 0.449 e. The van der Waals surface area contributed by atoms with Crippen molar-refractivity contribution in [2.75, 3.05) is 24.3 Å². The predicted molar refractivity (Wildman–Crippen MR) is 97.3 cm³/mol. The van der Waals surface area contributed by atoms with Gasteiger partial charge < -0.3 is 15.0 Å². The average Bonchev–Trinajstić information content (AvgIpc) is 2.62. The van der Waals surface area contributed by atoms with Gasteiger partial charge in [-0.05, 0) is 43.3 Å². The second-order valence-electron chi connectivity index (χ2n) is 5.90. The first-order valence-electron chi connectivity index (χ1n) is 7.92. The number of carbonyl (C=O) groups is 2. The molecule has 27 heavy (non-hydrogen) atoms. The lowest BCUT2D eigenvalue weighted by Gasteiger charge is -2.15. The summed E-state index contributed by atoms with van der Waals surface area (Å²) in [4.78, 5) is 36.0. The maximum absolute atomic E-state index is 13.3. The lowest BCUT2D eigenvalue weighted by atomic mass is 10.2. The van der Waals surface area contributed by atoms with Crippen molar-refractivity contribution in [2.24, 2.45) is 0 Å². The van der Waals surface area contributed by atoms with Crippen LogP contribution in [0.3, 0.4) is 0 Å². The van der Waals surface area contributed by atoms with Crippen LogP contribution < -0.4 is 10.2 Å². The van der Waals surface area contributed by atoms with Gasteiger partial charge in [0.2, 0.25) is 5.82 Å². The van der Waals surface area contributed by atoms with Crippen molar-refractivity contribution in [1.82, 2.24) is 0 Å². The number of amides is 1. The number of esters is 1. The smallest absolute Gasteiger partial charge is 0.338 e. The third kappa shape index (κ3) is 5.00. The Labute approximate surface area is 154 Å². The first-order chi connectivity index (χ1) is 12.7. The molecule has 0 radical (unpaired) electrons. The third-order valence-corrected chi connectivity index (χ3v) is 3.68. The highest BCUT2D eigenvalue weighted by atomic mass is 19.1. The molecule has 0 aliphatic rings. The Morgan fingerprint density at radius 1 is 1.19 bits per heavy atom. The van der Waals surface area contributed by atoms with Crippen LogP contribution in [0.5, 0.6) is 0 Å². The highest BCUT2D eigenvalue weighted by Crippen LogP contribution is 2.22. The van der Waals surface area contributed by atoms with Crippen molar-refractivity contribution in [3.63, 3.8) is 0 Å². The second-order valence-corrected chi connectivity index (χ2v) is 5.90. The Kier molecular flexibility index (Phi) is 6.07. The van der Waals surface area contributed by atoms with Crippen LogP contribution in [0.25, 0.3) is 0 Å². The molecule has 0 fully saturated rings. The van der Waals surface area contributed by atoms with Gasteiger partial charge in [0.1, 0.15) is 0 Å². The number of rotatable bonds is 6. The molecule has 8 nitrogen and oxygen atoms in total. The van der Waals surface area contributed by atoms with Crippen LogP contribution in [0.2, 0.25) is 0 Å². The Morgan fingerprint density at radius 2 is 1.81 bits per heavy atom. The fourth-order valence-corrected chi connectivity index (χ4v) is 2.15. The fourth-order valence-electron chi connectivity index (χ4n) is 2.15. The van der Waals surface area contributed by atoms with Gasteiger partial charge in [-0.1, -0.05) is 0 Å². The number of hydrogen-bond donors (Lipinski definition) is 1. The molecule has 2 aromatic carbocycles. The van der Waals surface area contributed by atoms with Gasteiger partial charge in [0, 0.05) is 31.5 Å². The number of hydrogen-bond acceptors (Lipinski definition) is 6. The van der Waals surface area contributed by atoms with Crippen LogP contribution in [0.1, 0.15) is 17.3 Å². The molecule has 0 saturated heterocycles. The van der Waals surface area contributed by atoms with Crippen LogP contribution in [0.15, 0.2) is 42.5 Å². The van der Waals surface area contributed by atoms with Gasteiger partial charge >= 0.3 is 11.7 Å². The van der Waals surface area contributed by atoms with E-state index in [9.17, 15) is 24.1 Å². The number of nitrogens with one attached hydrogen (secondary N) is 1. The zero-order chi connectivity index (χ0) is 20.1. The number of nitro groups is 1. The summed E-state index contributed by atoms with van der Waals surface area (Å²) < 4.78 is 18.4. The van der Waals surface area contributed by atoms with Crippen LogP contribution in [0, 0.1) is 15.9 Å². The van der Waals surface area contributed by atoms with Crippen molar-refractivity contribution in [1.29, 1.82) is 0 Å². The van der Waals surface area contributed by atoms with Gasteiger partial charge in [-0.3, -0.25) is 14.9 Å². The minimum Gasteiger partial charge on any atom is -0.449 e. The molecule has 0 heterocycles. The number of carbonyl (C=O) groups excluding carboxylic acids is 2. The van der Waals surface area contributed by atoms with Crippen molar-refractivity contribution in [3.05, 3.63) is 64.0 Å². The van der Waals surface area contributed by atoms with Gasteiger partial charge in [-0.15, -0.1) is 0 Å². The molecule has 2 rings (SSSR count). The molecule has 0 bridgehead atoms. The SMILES string of the molecule is C[C@@H](OC(=O)c1ccc(N(C)C)cc1)C(=O)Nc1ccc(F)c([N+](=O)[O-])c1.